The van der Waals surface area contributed by atoms with E-state index in [1.165, 1.54) is 30.7 Å². The number of carbonyl (C=O) groups is 1. The van der Waals surface area contributed by atoms with Crippen LogP contribution in [0, 0.1) is 0 Å². The normalized spacial score (nSPS) is 14.8. The Hall–Kier alpha value is -2.66. The van der Waals surface area contributed by atoms with Crippen molar-refractivity contribution in [1.29, 1.82) is 0 Å². The molecular weight excluding hydrogens is 448 g/mol. The third kappa shape index (κ3) is 6.02. The summed E-state index contributed by atoms with van der Waals surface area (Å²) in [5, 5.41) is 2.81. The summed E-state index contributed by atoms with van der Waals surface area (Å²) < 4.78 is 49.3. The Balaban J connectivity index is 1.93. The zero-order chi connectivity index (χ0) is 24.0. The minimum absolute atomic E-state index is 0.0486. The molecule has 0 atom stereocenters. The van der Waals surface area contributed by atoms with Crippen LogP contribution in [0.25, 0.3) is 0 Å². The number of hydrogen-bond acceptors (Lipinski definition) is 7. The van der Waals surface area contributed by atoms with Crippen LogP contribution in [0.1, 0.15) is 29.8 Å². The van der Waals surface area contributed by atoms with Crippen LogP contribution in [-0.4, -0.2) is 65.3 Å². The quantitative estimate of drug-likeness (QED) is 0.591. The zero-order valence-electron chi connectivity index (χ0n) is 19.3. The van der Waals surface area contributed by atoms with Gasteiger partial charge in [0.2, 0.25) is 10.0 Å². The monoisotopic (exact) mass is 478 g/mol. The van der Waals surface area contributed by atoms with Crippen LogP contribution in [0.3, 0.4) is 0 Å². The molecular formula is C23H30N2O7S. The second-order valence-electron chi connectivity index (χ2n) is 7.74. The van der Waals surface area contributed by atoms with Crippen molar-refractivity contribution in [2.24, 2.45) is 0 Å². The number of morpholine rings is 1. The van der Waals surface area contributed by atoms with Gasteiger partial charge in [0.05, 0.1) is 50.6 Å². The van der Waals surface area contributed by atoms with Gasteiger partial charge in [0.15, 0.2) is 11.5 Å². The van der Waals surface area contributed by atoms with Crippen molar-refractivity contribution in [3.63, 3.8) is 0 Å². The molecule has 1 fully saturated rings. The third-order valence-electron chi connectivity index (χ3n) is 5.07. The maximum absolute atomic E-state index is 13.2. The molecule has 0 bridgehead atoms. The number of hydrogen-bond donors (Lipinski definition) is 1. The Labute approximate surface area is 194 Å². The molecule has 33 heavy (non-hydrogen) atoms. The van der Waals surface area contributed by atoms with E-state index in [2.05, 4.69) is 5.32 Å². The molecule has 0 spiro atoms. The number of nitrogens with zero attached hydrogens (tertiary/aromatic N) is 1. The number of anilines is 1. The highest BCUT2D eigenvalue weighted by Gasteiger charge is 2.30. The molecule has 1 aliphatic rings. The smallest absolute Gasteiger partial charge is 0.259 e. The predicted octanol–water partition coefficient (Wildman–Crippen LogP) is 2.90. The van der Waals surface area contributed by atoms with Crippen molar-refractivity contribution in [2.75, 3.05) is 45.8 Å². The van der Waals surface area contributed by atoms with Crippen LogP contribution in [0.2, 0.25) is 0 Å². The Morgan fingerprint density at radius 3 is 2.48 bits per heavy atom. The predicted molar refractivity (Wildman–Crippen MR) is 123 cm³/mol. The number of ether oxygens (including phenoxy) is 4. The highest BCUT2D eigenvalue weighted by molar-refractivity contribution is 7.89. The fraction of sp³-hybridized carbons (Fsp3) is 0.435. The molecule has 0 saturated carbocycles. The first-order valence-electron chi connectivity index (χ1n) is 10.6. The van der Waals surface area contributed by atoms with Crippen LogP contribution in [0.4, 0.5) is 5.69 Å². The summed E-state index contributed by atoms with van der Waals surface area (Å²) in [5.41, 5.74) is 1.49. The van der Waals surface area contributed by atoms with Crippen molar-refractivity contribution in [2.45, 2.75) is 31.5 Å². The van der Waals surface area contributed by atoms with Gasteiger partial charge in [-0.3, -0.25) is 4.79 Å². The highest BCUT2D eigenvalue weighted by Crippen LogP contribution is 2.35. The molecule has 0 aromatic heterocycles. The Morgan fingerprint density at radius 1 is 1.12 bits per heavy atom. The van der Waals surface area contributed by atoms with Gasteiger partial charge in [-0.2, -0.15) is 4.31 Å². The van der Waals surface area contributed by atoms with Crippen molar-refractivity contribution < 1.29 is 32.2 Å². The summed E-state index contributed by atoms with van der Waals surface area (Å²) in [7, 11) is -1.06. The molecule has 0 unspecified atom stereocenters. The molecule has 2 aromatic rings. The van der Waals surface area contributed by atoms with Crippen LogP contribution in [-0.2, 0) is 26.1 Å². The lowest BCUT2D eigenvalue weighted by Crippen LogP contribution is -2.40. The van der Waals surface area contributed by atoms with Gasteiger partial charge in [-0.05, 0) is 37.6 Å². The van der Waals surface area contributed by atoms with Gasteiger partial charge in [0, 0.05) is 24.8 Å². The fourth-order valence-electron chi connectivity index (χ4n) is 3.39. The molecule has 1 heterocycles. The van der Waals surface area contributed by atoms with E-state index in [1.54, 1.807) is 12.1 Å². The van der Waals surface area contributed by atoms with E-state index >= 15 is 0 Å². The number of benzene rings is 2. The Bertz CT molecular complexity index is 1080. The molecule has 2 aromatic carbocycles. The summed E-state index contributed by atoms with van der Waals surface area (Å²) in [6, 6.07) is 9.94. The molecule has 0 aliphatic carbocycles. The zero-order valence-corrected chi connectivity index (χ0v) is 20.1. The summed E-state index contributed by atoms with van der Waals surface area (Å²) in [5.74, 6) is -0.225. The van der Waals surface area contributed by atoms with Gasteiger partial charge in [-0.25, -0.2) is 8.42 Å². The first-order valence-corrected chi connectivity index (χ1v) is 12.1. The van der Waals surface area contributed by atoms with Crippen molar-refractivity contribution in [3.8, 4) is 11.5 Å². The summed E-state index contributed by atoms with van der Waals surface area (Å²) in [4.78, 5) is 13.1. The Morgan fingerprint density at radius 2 is 1.85 bits per heavy atom. The minimum atomic E-state index is -3.85. The molecule has 1 saturated heterocycles. The van der Waals surface area contributed by atoms with Crippen LogP contribution >= 0.6 is 0 Å². The molecule has 1 N–H and O–H groups in total. The highest BCUT2D eigenvalue weighted by atomic mass is 32.2. The van der Waals surface area contributed by atoms with E-state index in [-0.39, 0.29) is 41.2 Å². The Kier molecular flexibility index (Phi) is 8.30. The molecule has 3 rings (SSSR count). The SMILES string of the molecule is COc1cc(S(=O)(=O)N2CCOCC2)cc(C(=O)Nc2cccc(COC(C)C)c2)c1OC. The molecule has 10 heteroatoms. The fourth-order valence-corrected chi connectivity index (χ4v) is 4.84. The number of nitrogens with one attached hydrogen (secondary N) is 1. The van der Waals surface area contributed by atoms with Crippen molar-refractivity contribution in [3.05, 3.63) is 47.5 Å². The van der Waals surface area contributed by atoms with E-state index in [0.29, 0.717) is 25.5 Å². The maximum Gasteiger partial charge on any atom is 0.259 e. The molecule has 1 aliphatic heterocycles. The lowest BCUT2D eigenvalue weighted by molar-refractivity contribution is 0.0657. The van der Waals surface area contributed by atoms with Crippen LogP contribution < -0.4 is 14.8 Å². The van der Waals surface area contributed by atoms with E-state index in [4.69, 9.17) is 18.9 Å². The third-order valence-corrected chi connectivity index (χ3v) is 6.95. The molecule has 0 radical (unpaired) electrons. The summed E-state index contributed by atoms with van der Waals surface area (Å²) in [6.07, 6.45) is 0.0797. The number of sulfonamides is 1. The lowest BCUT2D eigenvalue weighted by atomic mass is 10.1. The van der Waals surface area contributed by atoms with Crippen molar-refractivity contribution in [1.82, 2.24) is 4.31 Å². The van der Waals surface area contributed by atoms with Gasteiger partial charge in [0.1, 0.15) is 0 Å². The van der Waals surface area contributed by atoms with Gasteiger partial charge < -0.3 is 24.3 Å². The van der Waals surface area contributed by atoms with Gasteiger partial charge >= 0.3 is 0 Å². The van der Waals surface area contributed by atoms with Gasteiger partial charge in [-0.15, -0.1) is 0 Å². The topological polar surface area (TPSA) is 103 Å². The van der Waals surface area contributed by atoms with Crippen LogP contribution in [0.15, 0.2) is 41.3 Å². The maximum atomic E-state index is 13.2. The average Bonchev–Trinajstić information content (AvgIpc) is 2.82. The van der Waals surface area contributed by atoms with E-state index in [0.717, 1.165) is 5.56 Å². The average molecular weight is 479 g/mol. The second-order valence-corrected chi connectivity index (χ2v) is 9.67. The minimum Gasteiger partial charge on any atom is -0.493 e. The van der Waals surface area contributed by atoms with E-state index < -0.39 is 15.9 Å². The first-order chi connectivity index (χ1) is 15.8. The van der Waals surface area contributed by atoms with Gasteiger partial charge in [-0.1, -0.05) is 12.1 Å². The molecule has 9 nitrogen and oxygen atoms in total. The first kappa shape index (κ1) is 25.0. The number of carbonyl (C=O) groups excluding carboxylic acids is 1. The number of rotatable bonds is 9. The lowest BCUT2D eigenvalue weighted by Gasteiger charge is -2.26. The molecule has 180 valence electrons. The largest absolute Gasteiger partial charge is 0.493 e. The standard InChI is InChI=1S/C23H30N2O7S/c1-16(2)32-15-17-6-5-7-18(12-17)24-23(26)20-13-19(14-21(29-3)22(20)30-4)33(27,28)25-8-10-31-11-9-25/h5-7,12-14,16H,8-11,15H2,1-4H3,(H,24,26). The summed E-state index contributed by atoms with van der Waals surface area (Å²) >= 11 is 0. The van der Waals surface area contributed by atoms with E-state index in [9.17, 15) is 13.2 Å². The van der Waals surface area contributed by atoms with Gasteiger partial charge in [0.25, 0.3) is 5.91 Å². The van der Waals surface area contributed by atoms with Crippen molar-refractivity contribution >= 4 is 21.6 Å². The number of amides is 1. The molecule has 1 amide bonds. The summed E-state index contributed by atoms with van der Waals surface area (Å²) in [6.45, 7) is 5.42. The second kappa shape index (κ2) is 11.0. The van der Waals surface area contributed by atoms with E-state index in [1.807, 2.05) is 26.0 Å². The van der Waals surface area contributed by atoms with Crippen LogP contribution in [0.5, 0.6) is 11.5 Å². The number of methoxy groups -OCH3 is 2.